The molecule has 0 bridgehead atoms. The molecule has 0 fully saturated rings. The maximum Gasteiger partial charge on any atom is 0.317 e. The normalized spacial score (nSPS) is 11.2. The van der Waals surface area contributed by atoms with Crippen molar-refractivity contribution in [2.75, 3.05) is 19.3 Å². The first-order chi connectivity index (χ1) is 11.3. The molecule has 0 N–H and O–H groups in total. The molecule has 1 atom stereocenters. The number of likely N-dealkylation sites (N-methyl/N-ethyl adjacent to an activating group) is 1. The SMILES string of the molecule is C[C@H](OC(=O)CSc1ccc([N+](=O)[O-])cc1)C(=O)N(C)CCC#N. The number of nitrogens with zero attached hydrogens (tertiary/aromatic N) is 3. The Morgan fingerprint density at radius 2 is 2.04 bits per heavy atom. The first-order valence-electron chi connectivity index (χ1n) is 7.03. The molecular weight excluding hydrogens is 334 g/mol. The molecule has 0 aliphatic carbocycles. The topological polar surface area (TPSA) is 114 Å². The number of nitriles is 1. The van der Waals surface area contributed by atoms with Gasteiger partial charge in [0.1, 0.15) is 0 Å². The number of carbonyl (C=O) groups excluding carboxylic acids is 2. The van der Waals surface area contributed by atoms with Gasteiger partial charge in [0.05, 0.1) is 23.2 Å². The van der Waals surface area contributed by atoms with E-state index in [0.29, 0.717) is 4.90 Å². The minimum absolute atomic E-state index is 0.0165. The Morgan fingerprint density at radius 3 is 2.58 bits per heavy atom. The van der Waals surface area contributed by atoms with Crippen LogP contribution in [0.2, 0.25) is 0 Å². The van der Waals surface area contributed by atoms with Crippen molar-refractivity contribution in [3.8, 4) is 6.07 Å². The summed E-state index contributed by atoms with van der Waals surface area (Å²) in [4.78, 5) is 35.8. The molecule has 24 heavy (non-hydrogen) atoms. The molecule has 0 heterocycles. The number of ether oxygens (including phenoxy) is 1. The number of hydrogen-bond donors (Lipinski definition) is 0. The summed E-state index contributed by atoms with van der Waals surface area (Å²) in [6.07, 6.45) is -0.725. The number of benzene rings is 1. The number of nitro groups is 1. The summed E-state index contributed by atoms with van der Waals surface area (Å²) in [6, 6.07) is 7.72. The van der Waals surface area contributed by atoms with Crippen molar-refractivity contribution in [2.24, 2.45) is 0 Å². The van der Waals surface area contributed by atoms with Crippen LogP contribution in [-0.4, -0.2) is 47.1 Å². The first kappa shape index (κ1) is 19.4. The molecule has 0 radical (unpaired) electrons. The van der Waals surface area contributed by atoms with E-state index in [1.54, 1.807) is 12.1 Å². The van der Waals surface area contributed by atoms with Crippen molar-refractivity contribution in [1.82, 2.24) is 4.90 Å². The van der Waals surface area contributed by atoms with Gasteiger partial charge in [0.25, 0.3) is 11.6 Å². The molecule has 0 saturated carbocycles. The van der Waals surface area contributed by atoms with Crippen molar-refractivity contribution in [3.05, 3.63) is 34.4 Å². The third kappa shape index (κ3) is 6.26. The summed E-state index contributed by atoms with van der Waals surface area (Å²) >= 11 is 1.16. The van der Waals surface area contributed by atoms with Gasteiger partial charge in [-0.1, -0.05) is 0 Å². The van der Waals surface area contributed by atoms with Crippen LogP contribution >= 0.6 is 11.8 Å². The quantitative estimate of drug-likeness (QED) is 0.304. The summed E-state index contributed by atoms with van der Waals surface area (Å²) in [5, 5.41) is 19.0. The van der Waals surface area contributed by atoms with Gasteiger partial charge in [-0.25, -0.2) is 0 Å². The van der Waals surface area contributed by atoms with Gasteiger partial charge < -0.3 is 9.64 Å². The predicted octanol–water partition coefficient (Wildman–Crippen LogP) is 1.99. The van der Waals surface area contributed by atoms with E-state index in [4.69, 9.17) is 10.00 Å². The molecule has 1 amide bonds. The van der Waals surface area contributed by atoms with E-state index in [2.05, 4.69) is 0 Å². The number of hydrogen-bond acceptors (Lipinski definition) is 7. The average Bonchev–Trinajstić information content (AvgIpc) is 2.57. The highest BCUT2D eigenvalue weighted by Gasteiger charge is 2.21. The van der Waals surface area contributed by atoms with Crippen LogP contribution in [0, 0.1) is 21.4 Å². The predicted molar refractivity (Wildman–Crippen MR) is 87.2 cm³/mol. The van der Waals surface area contributed by atoms with E-state index in [9.17, 15) is 19.7 Å². The molecule has 0 aliphatic rings. The number of carbonyl (C=O) groups is 2. The van der Waals surface area contributed by atoms with Gasteiger partial charge in [0.2, 0.25) is 0 Å². The van der Waals surface area contributed by atoms with Gasteiger partial charge >= 0.3 is 5.97 Å². The zero-order valence-electron chi connectivity index (χ0n) is 13.3. The average molecular weight is 351 g/mol. The van der Waals surface area contributed by atoms with Crippen LogP contribution < -0.4 is 0 Å². The Bertz CT molecular complexity index is 642. The van der Waals surface area contributed by atoms with Crippen LogP contribution in [0.3, 0.4) is 0 Å². The Labute approximate surface area is 143 Å². The van der Waals surface area contributed by atoms with E-state index in [-0.39, 0.29) is 30.3 Å². The Hall–Kier alpha value is -2.60. The highest BCUT2D eigenvalue weighted by Crippen LogP contribution is 2.21. The number of nitro benzene ring substituents is 1. The Morgan fingerprint density at radius 1 is 1.42 bits per heavy atom. The molecule has 0 saturated heterocycles. The summed E-state index contributed by atoms with van der Waals surface area (Å²) in [5.41, 5.74) is -0.0263. The number of rotatable bonds is 8. The van der Waals surface area contributed by atoms with Crippen molar-refractivity contribution >= 4 is 29.3 Å². The molecule has 0 unspecified atom stereocenters. The number of non-ortho nitro benzene ring substituents is 1. The highest BCUT2D eigenvalue weighted by atomic mass is 32.2. The van der Waals surface area contributed by atoms with Crippen LogP contribution in [0.5, 0.6) is 0 Å². The lowest BCUT2D eigenvalue weighted by atomic mass is 10.3. The maximum atomic E-state index is 11.9. The second-order valence-electron chi connectivity index (χ2n) is 4.84. The summed E-state index contributed by atoms with van der Waals surface area (Å²) in [6.45, 7) is 1.74. The molecule has 0 aromatic heterocycles. The zero-order chi connectivity index (χ0) is 18.1. The molecule has 9 heteroatoms. The summed E-state index contributed by atoms with van der Waals surface area (Å²) < 4.78 is 5.05. The van der Waals surface area contributed by atoms with E-state index in [1.165, 1.54) is 31.0 Å². The number of amides is 1. The Kier molecular flexibility index (Phi) is 7.71. The van der Waals surface area contributed by atoms with Crippen molar-refractivity contribution < 1.29 is 19.2 Å². The molecule has 0 aliphatic heterocycles. The molecule has 1 aromatic rings. The van der Waals surface area contributed by atoms with E-state index in [1.807, 2.05) is 6.07 Å². The smallest absolute Gasteiger partial charge is 0.317 e. The largest absolute Gasteiger partial charge is 0.452 e. The van der Waals surface area contributed by atoms with Crippen molar-refractivity contribution in [1.29, 1.82) is 5.26 Å². The highest BCUT2D eigenvalue weighted by molar-refractivity contribution is 8.00. The lowest BCUT2D eigenvalue weighted by Gasteiger charge is -2.20. The second-order valence-corrected chi connectivity index (χ2v) is 5.89. The van der Waals surface area contributed by atoms with E-state index in [0.717, 1.165) is 11.8 Å². The van der Waals surface area contributed by atoms with Gasteiger partial charge in [0, 0.05) is 30.6 Å². The van der Waals surface area contributed by atoms with Gasteiger partial charge in [-0.05, 0) is 19.1 Å². The molecule has 0 spiro atoms. The zero-order valence-corrected chi connectivity index (χ0v) is 14.1. The molecule has 128 valence electrons. The fourth-order valence-electron chi connectivity index (χ4n) is 1.73. The molecule has 8 nitrogen and oxygen atoms in total. The Balaban J connectivity index is 2.44. The third-order valence-corrected chi connectivity index (χ3v) is 3.98. The second kappa shape index (κ2) is 9.52. The van der Waals surface area contributed by atoms with Gasteiger partial charge in [-0.3, -0.25) is 19.7 Å². The summed E-state index contributed by atoms with van der Waals surface area (Å²) in [5.74, 6) is -0.955. The van der Waals surface area contributed by atoms with Crippen LogP contribution in [0.4, 0.5) is 5.69 Å². The third-order valence-electron chi connectivity index (χ3n) is 3.00. The first-order valence-corrected chi connectivity index (χ1v) is 8.02. The van der Waals surface area contributed by atoms with Gasteiger partial charge in [-0.15, -0.1) is 11.8 Å². The lowest BCUT2D eigenvalue weighted by Crippen LogP contribution is -2.38. The maximum absolute atomic E-state index is 11.9. The van der Waals surface area contributed by atoms with Crippen LogP contribution in [0.15, 0.2) is 29.2 Å². The standard InChI is InChI=1S/C15H17N3O5S/c1-11(15(20)17(2)9-3-8-16)23-14(19)10-24-13-6-4-12(5-7-13)18(21)22/h4-7,11H,3,9-10H2,1-2H3/t11-/m0/s1. The molecular formula is C15H17N3O5S. The molecule has 1 aromatic carbocycles. The van der Waals surface area contributed by atoms with Gasteiger partial charge in [-0.2, -0.15) is 5.26 Å². The van der Waals surface area contributed by atoms with E-state index < -0.39 is 17.0 Å². The number of esters is 1. The monoisotopic (exact) mass is 351 g/mol. The number of thioether (sulfide) groups is 1. The van der Waals surface area contributed by atoms with E-state index >= 15 is 0 Å². The summed E-state index contributed by atoms with van der Waals surface area (Å²) in [7, 11) is 1.54. The minimum Gasteiger partial charge on any atom is -0.452 e. The van der Waals surface area contributed by atoms with Crippen molar-refractivity contribution in [2.45, 2.75) is 24.3 Å². The molecule has 1 rings (SSSR count). The fourth-order valence-corrected chi connectivity index (χ4v) is 2.41. The van der Waals surface area contributed by atoms with Gasteiger partial charge in [0.15, 0.2) is 6.10 Å². The van der Waals surface area contributed by atoms with Crippen LogP contribution in [-0.2, 0) is 14.3 Å². The van der Waals surface area contributed by atoms with Crippen LogP contribution in [0.25, 0.3) is 0 Å². The van der Waals surface area contributed by atoms with Crippen molar-refractivity contribution in [3.63, 3.8) is 0 Å². The lowest BCUT2D eigenvalue weighted by molar-refractivity contribution is -0.384. The van der Waals surface area contributed by atoms with Crippen LogP contribution in [0.1, 0.15) is 13.3 Å². The fraction of sp³-hybridized carbons (Fsp3) is 0.400. The minimum atomic E-state index is -0.932.